The smallest absolute Gasteiger partial charge is 0.222 e. The maximum Gasteiger partial charge on any atom is 0.222 e. The highest BCUT2D eigenvalue weighted by Gasteiger charge is 2.24. The van der Waals surface area contributed by atoms with Crippen molar-refractivity contribution in [1.82, 2.24) is 19.7 Å². The van der Waals surface area contributed by atoms with Gasteiger partial charge in [-0.05, 0) is 37.8 Å². The van der Waals surface area contributed by atoms with Crippen LogP contribution in [0.3, 0.4) is 0 Å². The summed E-state index contributed by atoms with van der Waals surface area (Å²) in [6.45, 7) is 4.15. The number of nitrogens with zero attached hydrogens (tertiary/aromatic N) is 4. The number of ether oxygens (including phenoxy) is 1. The normalized spacial score (nSPS) is 17.7. The highest BCUT2D eigenvalue weighted by molar-refractivity contribution is 5.76. The van der Waals surface area contributed by atoms with E-state index in [1.807, 2.05) is 40.8 Å². The Morgan fingerprint density at radius 3 is 3.04 bits per heavy atom. The zero-order valence-corrected chi connectivity index (χ0v) is 14.1. The lowest BCUT2D eigenvalue weighted by Gasteiger charge is -2.32. The van der Waals surface area contributed by atoms with Gasteiger partial charge in [0.05, 0.1) is 12.6 Å². The summed E-state index contributed by atoms with van der Waals surface area (Å²) in [5, 5.41) is 4.20. The summed E-state index contributed by atoms with van der Waals surface area (Å²) < 4.78 is 7.62. The van der Waals surface area contributed by atoms with Gasteiger partial charge >= 0.3 is 0 Å². The van der Waals surface area contributed by atoms with Crippen molar-refractivity contribution in [2.24, 2.45) is 0 Å². The first-order valence-electron chi connectivity index (χ1n) is 8.54. The molecule has 0 spiro atoms. The number of piperidine rings is 1. The molecule has 128 valence electrons. The van der Waals surface area contributed by atoms with Gasteiger partial charge in [-0.25, -0.2) is 9.67 Å². The van der Waals surface area contributed by atoms with Gasteiger partial charge in [-0.1, -0.05) is 18.2 Å². The van der Waals surface area contributed by atoms with Crippen LogP contribution in [0.1, 0.15) is 37.3 Å². The van der Waals surface area contributed by atoms with Crippen LogP contribution in [0.25, 0.3) is 0 Å². The number of hydrogen-bond donors (Lipinski definition) is 0. The largest absolute Gasteiger partial charge is 0.493 e. The zero-order valence-electron chi connectivity index (χ0n) is 14.1. The molecule has 3 rings (SSSR count). The molecule has 2 aromatic rings. The van der Waals surface area contributed by atoms with Crippen molar-refractivity contribution >= 4 is 5.91 Å². The van der Waals surface area contributed by atoms with E-state index in [0.717, 1.165) is 43.7 Å². The molecule has 1 aliphatic heterocycles. The number of benzene rings is 1. The summed E-state index contributed by atoms with van der Waals surface area (Å²) in [7, 11) is 0. The standard InChI is InChI=1S/C18H24N4O2/c1-15-6-2-3-8-17(15)24-11-5-9-18(23)21-10-4-7-16(12-21)22-14-19-13-20-22/h2-3,6,8,13-14,16H,4-5,7,9-12H2,1H3/t16-/m0/s1. The van der Waals surface area contributed by atoms with E-state index in [1.54, 1.807) is 12.7 Å². The molecule has 0 saturated carbocycles. The summed E-state index contributed by atoms with van der Waals surface area (Å²) in [5.74, 6) is 1.10. The van der Waals surface area contributed by atoms with Crippen molar-refractivity contribution in [1.29, 1.82) is 0 Å². The summed E-state index contributed by atoms with van der Waals surface area (Å²) in [6, 6.07) is 8.19. The SMILES string of the molecule is Cc1ccccc1OCCCC(=O)N1CCC[C@H](n2cncn2)C1. The third-order valence-electron chi connectivity index (χ3n) is 4.45. The van der Waals surface area contributed by atoms with E-state index >= 15 is 0 Å². The number of aromatic nitrogens is 3. The first-order valence-corrected chi connectivity index (χ1v) is 8.54. The number of amides is 1. The quantitative estimate of drug-likeness (QED) is 0.765. The Balaban J connectivity index is 1.42. The van der Waals surface area contributed by atoms with E-state index in [-0.39, 0.29) is 11.9 Å². The number of carbonyl (C=O) groups excluding carboxylic acids is 1. The maximum atomic E-state index is 12.4. The Morgan fingerprint density at radius 2 is 2.25 bits per heavy atom. The summed E-state index contributed by atoms with van der Waals surface area (Å²) in [4.78, 5) is 18.4. The molecule has 6 nitrogen and oxygen atoms in total. The fraction of sp³-hybridized carbons (Fsp3) is 0.500. The van der Waals surface area contributed by atoms with Gasteiger partial charge in [-0.15, -0.1) is 0 Å². The van der Waals surface area contributed by atoms with Gasteiger partial charge in [-0.3, -0.25) is 4.79 Å². The molecular weight excluding hydrogens is 304 g/mol. The van der Waals surface area contributed by atoms with E-state index in [2.05, 4.69) is 10.1 Å². The van der Waals surface area contributed by atoms with Crippen LogP contribution in [0.5, 0.6) is 5.75 Å². The average Bonchev–Trinajstić information content (AvgIpc) is 3.15. The van der Waals surface area contributed by atoms with Crippen LogP contribution < -0.4 is 4.74 Å². The first-order chi connectivity index (χ1) is 11.7. The minimum absolute atomic E-state index is 0.202. The third-order valence-corrected chi connectivity index (χ3v) is 4.45. The molecule has 1 amide bonds. The molecule has 0 aliphatic carbocycles. The van der Waals surface area contributed by atoms with Crippen LogP contribution in [0.15, 0.2) is 36.9 Å². The van der Waals surface area contributed by atoms with Crippen LogP contribution in [0.4, 0.5) is 0 Å². The average molecular weight is 328 g/mol. The molecule has 1 aliphatic rings. The summed E-state index contributed by atoms with van der Waals surface area (Å²) >= 11 is 0. The molecule has 6 heteroatoms. The van der Waals surface area contributed by atoms with Crippen LogP contribution in [0, 0.1) is 6.92 Å². The lowest BCUT2D eigenvalue weighted by atomic mass is 10.1. The molecular formula is C18H24N4O2. The predicted octanol–water partition coefficient (Wildman–Crippen LogP) is 2.61. The number of hydrogen-bond acceptors (Lipinski definition) is 4. The minimum atomic E-state index is 0.202. The van der Waals surface area contributed by atoms with Crippen molar-refractivity contribution in [3.63, 3.8) is 0 Å². The van der Waals surface area contributed by atoms with Crippen molar-refractivity contribution in [3.8, 4) is 5.75 Å². The molecule has 1 aromatic heterocycles. The number of aryl methyl sites for hydroxylation is 1. The van der Waals surface area contributed by atoms with Gasteiger partial charge in [0.1, 0.15) is 18.4 Å². The topological polar surface area (TPSA) is 60.2 Å². The molecule has 0 unspecified atom stereocenters. The number of likely N-dealkylation sites (tertiary alicyclic amines) is 1. The lowest BCUT2D eigenvalue weighted by Crippen LogP contribution is -2.40. The molecule has 0 bridgehead atoms. The summed E-state index contributed by atoms with van der Waals surface area (Å²) in [6.07, 6.45) is 6.59. The van der Waals surface area contributed by atoms with Gasteiger partial charge in [0.2, 0.25) is 5.91 Å². The molecule has 1 fully saturated rings. The van der Waals surface area contributed by atoms with Gasteiger partial charge in [-0.2, -0.15) is 5.10 Å². The third kappa shape index (κ3) is 4.13. The second kappa shape index (κ2) is 7.95. The Labute approximate surface area is 142 Å². The number of rotatable bonds is 6. The highest BCUT2D eigenvalue weighted by Crippen LogP contribution is 2.21. The number of para-hydroxylation sites is 1. The van der Waals surface area contributed by atoms with Gasteiger partial charge in [0, 0.05) is 19.5 Å². The van der Waals surface area contributed by atoms with Crippen molar-refractivity contribution in [2.45, 2.75) is 38.6 Å². The van der Waals surface area contributed by atoms with Crippen LogP contribution in [0.2, 0.25) is 0 Å². The Hall–Kier alpha value is -2.37. The Bertz CT molecular complexity index is 657. The molecule has 0 radical (unpaired) electrons. The van der Waals surface area contributed by atoms with Crippen LogP contribution in [-0.2, 0) is 4.79 Å². The number of carbonyl (C=O) groups is 1. The van der Waals surface area contributed by atoms with E-state index in [9.17, 15) is 4.79 Å². The molecule has 0 N–H and O–H groups in total. The Morgan fingerprint density at radius 1 is 1.38 bits per heavy atom. The van der Waals surface area contributed by atoms with Gasteiger partial charge in [0.25, 0.3) is 0 Å². The first kappa shape index (κ1) is 16.5. The van der Waals surface area contributed by atoms with Crippen LogP contribution in [-0.4, -0.2) is 45.3 Å². The van der Waals surface area contributed by atoms with Gasteiger partial charge in [0.15, 0.2) is 0 Å². The highest BCUT2D eigenvalue weighted by atomic mass is 16.5. The lowest BCUT2D eigenvalue weighted by molar-refractivity contribution is -0.133. The monoisotopic (exact) mass is 328 g/mol. The molecule has 1 aromatic carbocycles. The van der Waals surface area contributed by atoms with E-state index < -0.39 is 0 Å². The minimum Gasteiger partial charge on any atom is -0.493 e. The maximum absolute atomic E-state index is 12.4. The zero-order chi connectivity index (χ0) is 16.8. The summed E-state index contributed by atoms with van der Waals surface area (Å²) in [5.41, 5.74) is 1.12. The van der Waals surface area contributed by atoms with E-state index in [1.165, 1.54) is 0 Å². The second-order valence-corrected chi connectivity index (χ2v) is 6.23. The van der Waals surface area contributed by atoms with Crippen molar-refractivity contribution in [2.75, 3.05) is 19.7 Å². The predicted molar refractivity (Wildman–Crippen MR) is 90.8 cm³/mol. The van der Waals surface area contributed by atoms with Crippen molar-refractivity contribution in [3.05, 3.63) is 42.5 Å². The fourth-order valence-corrected chi connectivity index (χ4v) is 3.09. The van der Waals surface area contributed by atoms with E-state index in [0.29, 0.717) is 13.0 Å². The fourth-order valence-electron chi connectivity index (χ4n) is 3.09. The van der Waals surface area contributed by atoms with Crippen LogP contribution >= 0.6 is 0 Å². The Kier molecular flexibility index (Phi) is 5.46. The second-order valence-electron chi connectivity index (χ2n) is 6.23. The van der Waals surface area contributed by atoms with Gasteiger partial charge < -0.3 is 9.64 Å². The molecule has 24 heavy (non-hydrogen) atoms. The van der Waals surface area contributed by atoms with Crippen molar-refractivity contribution < 1.29 is 9.53 Å². The molecule has 1 saturated heterocycles. The molecule has 1 atom stereocenters. The van der Waals surface area contributed by atoms with E-state index in [4.69, 9.17) is 4.74 Å². The molecule has 2 heterocycles.